The summed E-state index contributed by atoms with van der Waals surface area (Å²) in [6.45, 7) is 2.69. The van der Waals surface area contributed by atoms with Crippen LogP contribution in [0.25, 0.3) is 0 Å². The minimum atomic E-state index is 0.569. The van der Waals surface area contributed by atoms with Crippen molar-refractivity contribution in [2.45, 2.75) is 19.9 Å². The topological polar surface area (TPSA) is 42.1 Å². The Hall–Kier alpha value is -1.39. The molecule has 0 amide bonds. The molecule has 0 atom stereocenters. The number of nitrogens with two attached hydrogens (primary N) is 1. The molecule has 0 aliphatic heterocycles. The van der Waals surface area contributed by atoms with Crippen LogP contribution >= 0.6 is 11.3 Å². The van der Waals surface area contributed by atoms with Gasteiger partial charge in [-0.1, -0.05) is 19.1 Å². The number of anilines is 2. The van der Waals surface area contributed by atoms with Crippen molar-refractivity contribution in [1.82, 2.24) is 4.98 Å². The minimum Gasteiger partial charge on any atom is -0.326 e. The highest BCUT2D eigenvalue weighted by Crippen LogP contribution is 2.27. The van der Waals surface area contributed by atoms with Crippen LogP contribution in [0.2, 0.25) is 0 Å². The predicted molar refractivity (Wildman–Crippen MR) is 73.9 cm³/mol. The molecule has 0 saturated heterocycles. The van der Waals surface area contributed by atoms with Crippen LogP contribution in [-0.2, 0) is 13.0 Å². The van der Waals surface area contributed by atoms with Crippen molar-refractivity contribution < 1.29 is 0 Å². The zero-order chi connectivity index (χ0) is 12.3. The summed E-state index contributed by atoms with van der Waals surface area (Å²) in [7, 11) is 2.04. The molecule has 2 rings (SSSR count). The molecule has 2 N–H and O–H groups in total. The lowest BCUT2D eigenvalue weighted by molar-refractivity contribution is 1.04. The van der Waals surface area contributed by atoms with E-state index < -0.39 is 0 Å². The van der Waals surface area contributed by atoms with Crippen LogP contribution in [0.15, 0.2) is 29.6 Å². The second kappa shape index (κ2) is 5.29. The summed E-state index contributed by atoms with van der Waals surface area (Å²) in [6, 6.07) is 8.25. The summed E-state index contributed by atoms with van der Waals surface area (Å²) in [5, 5.41) is 3.13. The van der Waals surface area contributed by atoms with Crippen molar-refractivity contribution in [3.05, 3.63) is 40.9 Å². The monoisotopic (exact) mass is 247 g/mol. The van der Waals surface area contributed by atoms with E-state index in [0.29, 0.717) is 6.54 Å². The summed E-state index contributed by atoms with van der Waals surface area (Å²) >= 11 is 1.67. The molecule has 17 heavy (non-hydrogen) atoms. The second-order valence-corrected chi connectivity index (χ2v) is 4.74. The summed E-state index contributed by atoms with van der Waals surface area (Å²) in [6.07, 6.45) is 0.979. The van der Waals surface area contributed by atoms with Gasteiger partial charge in [0.15, 0.2) is 5.13 Å². The molecule has 0 saturated carbocycles. The Kier molecular flexibility index (Phi) is 3.76. The first-order valence-corrected chi connectivity index (χ1v) is 6.59. The van der Waals surface area contributed by atoms with Crippen LogP contribution in [0.3, 0.4) is 0 Å². The van der Waals surface area contributed by atoms with Gasteiger partial charge in [0, 0.05) is 24.7 Å². The molecule has 0 radical (unpaired) electrons. The second-order valence-electron chi connectivity index (χ2n) is 3.91. The predicted octanol–water partition coefficient (Wildman–Crippen LogP) is 2.93. The van der Waals surface area contributed by atoms with Crippen LogP contribution in [0, 0.1) is 0 Å². The highest BCUT2D eigenvalue weighted by atomic mass is 32.1. The summed E-state index contributed by atoms with van der Waals surface area (Å²) in [5.41, 5.74) is 9.07. The Morgan fingerprint density at radius 1 is 1.41 bits per heavy atom. The van der Waals surface area contributed by atoms with E-state index in [-0.39, 0.29) is 0 Å². The molecule has 0 unspecified atom stereocenters. The SMILES string of the molecule is CCc1csc(N(C)c2cccc(CN)c2)n1. The molecular formula is C13H17N3S. The maximum atomic E-state index is 5.65. The van der Waals surface area contributed by atoms with Gasteiger partial charge in [0.25, 0.3) is 0 Å². The number of aryl methyl sites for hydroxylation is 1. The van der Waals surface area contributed by atoms with Gasteiger partial charge < -0.3 is 10.6 Å². The van der Waals surface area contributed by atoms with E-state index in [0.717, 1.165) is 28.5 Å². The molecule has 0 spiro atoms. The van der Waals surface area contributed by atoms with E-state index in [4.69, 9.17) is 5.73 Å². The lowest BCUT2D eigenvalue weighted by Crippen LogP contribution is -2.10. The number of aromatic nitrogens is 1. The lowest BCUT2D eigenvalue weighted by atomic mass is 10.2. The Morgan fingerprint density at radius 3 is 2.88 bits per heavy atom. The molecule has 4 heteroatoms. The molecule has 1 aromatic heterocycles. The number of rotatable bonds is 4. The van der Waals surface area contributed by atoms with Gasteiger partial charge >= 0.3 is 0 Å². The highest BCUT2D eigenvalue weighted by Gasteiger charge is 2.08. The summed E-state index contributed by atoms with van der Waals surface area (Å²) in [4.78, 5) is 6.67. The van der Waals surface area contributed by atoms with Gasteiger partial charge in [0.2, 0.25) is 0 Å². The first-order valence-electron chi connectivity index (χ1n) is 5.71. The fourth-order valence-electron chi connectivity index (χ4n) is 1.62. The van der Waals surface area contributed by atoms with Crippen molar-refractivity contribution in [1.29, 1.82) is 0 Å². The standard InChI is InChI=1S/C13H17N3S/c1-3-11-9-17-13(15-11)16(2)12-6-4-5-10(7-12)8-14/h4-7,9H,3,8,14H2,1-2H3. The number of thiazole rings is 1. The van der Waals surface area contributed by atoms with Crippen LogP contribution in [0.5, 0.6) is 0 Å². The first-order chi connectivity index (χ1) is 8.24. The maximum absolute atomic E-state index is 5.65. The van der Waals surface area contributed by atoms with Gasteiger partial charge in [-0.2, -0.15) is 0 Å². The molecule has 3 nitrogen and oxygen atoms in total. The quantitative estimate of drug-likeness (QED) is 0.903. The van der Waals surface area contributed by atoms with Crippen molar-refractivity contribution >= 4 is 22.2 Å². The van der Waals surface area contributed by atoms with E-state index >= 15 is 0 Å². The van der Waals surface area contributed by atoms with Gasteiger partial charge in [0.1, 0.15) is 0 Å². The molecule has 0 bridgehead atoms. The minimum absolute atomic E-state index is 0.569. The average Bonchev–Trinajstić information content (AvgIpc) is 2.86. The summed E-state index contributed by atoms with van der Waals surface area (Å²) in [5.74, 6) is 0. The van der Waals surface area contributed by atoms with Gasteiger partial charge in [0.05, 0.1) is 5.69 Å². The molecule has 0 fully saturated rings. The van der Waals surface area contributed by atoms with E-state index in [1.807, 2.05) is 19.2 Å². The summed E-state index contributed by atoms with van der Waals surface area (Å²) < 4.78 is 0. The number of hydrogen-bond donors (Lipinski definition) is 1. The van der Waals surface area contributed by atoms with E-state index in [1.54, 1.807) is 11.3 Å². The number of benzene rings is 1. The third kappa shape index (κ3) is 2.65. The van der Waals surface area contributed by atoms with E-state index in [9.17, 15) is 0 Å². The van der Waals surface area contributed by atoms with Crippen molar-refractivity contribution in [3.63, 3.8) is 0 Å². The molecule has 1 heterocycles. The maximum Gasteiger partial charge on any atom is 0.189 e. The molecule has 1 aromatic carbocycles. The van der Waals surface area contributed by atoms with Gasteiger partial charge in [-0.05, 0) is 24.1 Å². The Bertz CT molecular complexity index is 493. The normalized spacial score (nSPS) is 10.5. The van der Waals surface area contributed by atoms with Crippen LogP contribution < -0.4 is 10.6 Å². The van der Waals surface area contributed by atoms with Gasteiger partial charge in [-0.15, -0.1) is 11.3 Å². The van der Waals surface area contributed by atoms with Crippen molar-refractivity contribution in [2.75, 3.05) is 11.9 Å². The highest BCUT2D eigenvalue weighted by molar-refractivity contribution is 7.13. The Morgan fingerprint density at radius 2 is 2.24 bits per heavy atom. The van der Waals surface area contributed by atoms with Crippen LogP contribution in [-0.4, -0.2) is 12.0 Å². The van der Waals surface area contributed by atoms with Crippen LogP contribution in [0.1, 0.15) is 18.2 Å². The van der Waals surface area contributed by atoms with Crippen molar-refractivity contribution in [3.8, 4) is 0 Å². The Labute approximate surface area is 106 Å². The van der Waals surface area contributed by atoms with E-state index in [1.165, 1.54) is 0 Å². The Balaban J connectivity index is 2.26. The first kappa shape index (κ1) is 12.1. The van der Waals surface area contributed by atoms with Gasteiger partial charge in [-0.3, -0.25) is 0 Å². The smallest absolute Gasteiger partial charge is 0.189 e. The lowest BCUT2D eigenvalue weighted by Gasteiger charge is -2.16. The molecule has 2 aromatic rings. The zero-order valence-corrected chi connectivity index (χ0v) is 11.0. The average molecular weight is 247 g/mol. The third-order valence-corrected chi connectivity index (χ3v) is 3.69. The molecule has 0 aliphatic rings. The molecular weight excluding hydrogens is 230 g/mol. The number of hydrogen-bond acceptors (Lipinski definition) is 4. The van der Waals surface area contributed by atoms with Gasteiger partial charge in [-0.25, -0.2) is 4.98 Å². The zero-order valence-electron chi connectivity index (χ0n) is 10.2. The largest absolute Gasteiger partial charge is 0.326 e. The van der Waals surface area contributed by atoms with E-state index in [2.05, 4.69) is 34.3 Å². The molecule has 90 valence electrons. The fraction of sp³-hybridized carbons (Fsp3) is 0.308. The van der Waals surface area contributed by atoms with Crippen LogP contribution in [0.4, 0.5) is 10.8 Å². The third-order valence-electron chi connectivity index (χ3n) is 2.72. The van der Waals surface area contributed by atoms with Crippen molar-refractivity contribution in [2.24, 2.45) is 5.73 Å². The molecule has 0 aliphatic carbocycles. The fourth-order valence-corrected chi connectivity index (χ4v) is 2.51. The number of nitrogens with zero attached hydrogens (tertiary/aromatic N) is 2.